The van der Waals surface area contributed by atoms with Crippen LogP contribution in [0.15, 0.2) is 28.0 Å². The van der Waals surface area contributed by atoms with E-state index in [-0.39, 0.29) is 36.2 Å². The molecule has 148 valence electrons. The zero-order chi connectivity index (χ0) is 20.4. The smallest absolute Gasteiger partial charge is 0.267 e. The molecule has 1 saturated heterocycles. The largest absolute Gasteiger partial charge is 0.395 e. The first kappa shape index (κ1) is 20.5. The van der Waals surface area contributed by atoms with Gasteiger partial charge in [0.15, 0.2) is 0 Å². The third-order valence-electron chi connectivity index (χ3n) is 4.54. The van der Waals surface area contributed by atoms with Crippen LogP contribution in [-0.4, -0.2) is 48.8 Å². The topological polar surface area (TPSA) is 86.9 Å². The number of hydrogen-bond acceptors (Lipinski definition) is 7. The number of amides is 1. The van der Waals surface area contributed by atoms with E-state index < -0.39 is 0 Å². The van der Waals surface area contributed by atoms with Crippen molar-refractivity contribution in [3.63, 3.8) is 0 Å². The molecule has 0 radical (unpaired) electrons. The predicted octanol–water partition coefficient (Wildman–Crippen LogP) is 2.41. The monoisotopic (exact) mass is 418 g/mol. The lowest BCUT2D eigenvalue weighted by Crippen LogP contribution is -2.36. The summed E-state index contributed by atoms with van der Waals surface area (Å²) in [6.07, 6.45) is 4.04. The third-order valence-corrected chi connectivity index (χ3v) is 5.87. The van der Waals surface area contributed by atoms with Gasteiger partial charge in [-0.3, -0.25) is 18.9 Å². The standard InChI is InChI=1S/C19H22N4O3S2/c1-4-12(3)23-18(26)14(28-19(23)27)9-13-16(20-7-8-24)21-15-6-5-11(2)10-22(15)17(13)25/h5-6,9-10,12,20,24H,4,7-8H2,1-3H3. The van der Waals surface area contributed by atoms with E-state index >= 15 is 0 Å². The summed E-state index contributed by atoms with van der Waals surface area (Å²) in [6, 6.07) is 3.62. The van der Waals surface area contributed by atoms with E-state index in [0.29, 0.717) is 20.7 Å². The summed E-state index contributed by atoms with van der Waals surface area (Å²) < 4.78 is 1.95. The molecule has 1 aliphatic rings. The van der Waals surface area contributed by atoms with Crippen LogP contribution in [-0.2, 0) is 4.79 Å². The Kier molecular flexibility index (Phi) is 6.17. The molecular weight excluding hydrogens is 396 g/mol. The summed E-state index contributed by atoms with van der Waals surface area (Å²) in [5.41, 5.74) is 1.38. The first-order valence-corrected chi connectivity index (χ1v) is 10.2. The Morgan fingerprint density at radius 3 is 2.82 bits per heavy atom. The van der Waals surface area contributed by atoms with Gasteiger partial charge < -0.3 is 10.4 Å². The van der Waals surface area contributed by atoms with Crippen molar-refractivity contribution in [2.45, 2.75) is 33.2 Å². The number of aliphatic hydroxyl groups excluding tert-OH is 1. The van der Waals surface area contributed by atoms with Gasteiger partial charge in [0, 0.05) is 18.8 Å². The summed E-state index contributed by atoms with van der Waals surface area (Å²) >= 11 is 6.55. The molecule has 1 aliphatic heterocycles. The molecule has 28 heavy (non-hydrogen) atoms. The number of thiocarbonyl (C=S) groups is 1. The maximum Gasteiger partial charge on any atom is 0.267 e. The summed E-state index contributed by atoms with van der Waals surface area (Å²) in [7, 11) is 0. The average molecular weight is 419 g/mol. The van der Waals surface area contributed by atoms with Gasteiger partial charge in [0.2, 0.25) is 0 Å². The van der Waals surface area contributed by atoms with Crippen LogP contribution in [0.3, 0.4) is 0 Å². The zero-order valence-electron chi connectivity index (χ0n) is 15.9. The van der Waals surface area contributed by atoms with Crippen molar-refractivity contribution < 1.29 is 9.90 Å². The molecule has 1 amide bonds. The van der Waals surface area contributed by atoms with Crippen molar-refractivity contribution >= 4 is 51.7 Å². The lowest BCUT2D eigenvalue weighted by molar-refractivity contribution is -0.123. The quantitative estimate of drug-likeness (QED) is 0.550. The molecule has 1 fully saturated rings. The molecule has 2 N–H and O–H groups in total. The second kappa shape index (κ2) is 8.42. The van der Waals surface area contributed by atoms with Crippen LogP contribution in [0, 0.1) is 6.92 Å². The molecule has 1 unspecified atom stereocenters. The van der Waals surface area contributed by atoms with Crippen LogP contribution in [0.1, 0.15) is 31.4 Å². The molecule has 1 atom stereocenters. The Morgan fingerprint density at radius 2 is 2.14 bits per heavy atom. The van der Waals surface area contributed by atoms with Crippen molar-refractivity contribution in [3.05, 3.63) is 44.7 Å². The number of pyridine rings is 1. The van der Waals surface area contributed by atoms with E-state index in [2.05, 4.69) is 10.3 Å². The summed E-state index contributed by atoms with van der Waals surface area (Å²) in [6.45, 7) is 5.96. The van der Waals surface area contributed by atoms with Gasteiger partial charge in [0.05, 0.1) is 17.1 Å². The highest BCUT2D eigenvalue weighted by Crippen LogP contribution is 2.34. The molecule has 0 aromatic carbocycles. The highest BCUT2D eigenvalue weighted by molar-refractivity contribution is 8.26. The van der Waals surface area contributed by atoms with Gasteiger partial charge in [-0.05, 0) is 38.0 Å². The number of aliphatic hydroxyl groups is 1. The molecule has 0 saturated carbocycles. The van der Waals surface area contributed by atoms with Crippen molar-refractivity contribution in [2.75, 3.05) is 18.5 Å². The highest BCUT2D eigenvalue weighted by atomic mass is 32.2. The fourth-order valence-corrected chi connectivity index (χ4v) is 4.32. The molecule has 2 aromatic heterocycles. The number of aromatic nitrogens is 2. The minimum Gasteiger partial charge on any atom is -0.395 e. The first-order valence-electron chi connectivity index (χ1n) is 9.02. The van der Waals surface area contributed by atoms with Gasteiger partial charge in [0.1, 0.15) is 15.8 Å². The van der Waals surface area contributed by atoms with Crippen LogP contribution in [0.2, 0.25) is 0 Å². The molecule has 3 heterocycles. The summed E-state index contributed by atoms with van der Waals surface area (Å²) in [5, 5.41) is 12.1. The van der Waals surface area contributed by atoms with E-state index in [4.69, 9.17) is 17.3 Å². The summed E-state index contributed by atoms with van der Waals surface area (Å²) in [4.78, 5) is 32.4. The maximum absolute atomic E-state index is 13.1. The number of anilines is 1. The van der Waals surface area contributed by atoms with Crippen LogP contribution in [0.5, 0.6) is 0 Å². The molecule has 0 bridgehead atoms. The van der Waals surface area contributed by atoms with Gasteiger partial charge in [-0.2, -0.15) is 0 Å². The number of nitrogens with one attached hydrogen (secondary N) is 1. The molecule has 9 heteroatoms. The van der Waals surface area contributed by atoms with Gasteiger partial charge in [-0.25, -0.2) is 4.98 Å². The lowest BCUT2D eigenvalue weighted by Gasteiger charge is -2.21. The van der Waals surface area contributed by atoms with E-state index in [0.717, 1.165) is 12.0 Å². The Bertz CT molecular complexity index is 1030. The highest BCUT2D eigenvalue weighted by Gasteiger charge is 2.35. The molecule has 3 rings (SSSR count). The molecule has 2 aromatic rings. The lowest BCUT2D eigenvalue weighted by atomic mass is 10.2. The third kappa shape index (κ3) is 3.82. The Hall–Kier alpha value is -2.23. The average Bonchev–Trinajstić information content (AvgIpc) is 2.95. The Balaban J connectivity index is 2.14. The SMILES string of the molecule is CCC(C)N1C(=O)C(=Cc2c(NCCO)nc3ccc(C)cn3c2=O)SC1=S. The Labute approximate surface area is 172 Å². The molecule has 0 aliphatic carbocycles. The first-order chi connectivity index (χ1) is 13.4. The van der Waals surface area contributed by atoms with E-state index in [1.807, 2.05) is 26.8 Å². The van der Waals surface area contributed by atoms with Crippen molar-refractivity contribution in [1.82, 2.24) is 14.3 Å². The maximum atomic E-state index is 13.1. The van der Waals surface area contributed by atoms with E-state index in [1.54, 1.807) is 23.2 Å². The van der Waals surface area contributed by atoms with Gasteiger partial charge in [-0.15, -0.1) is 0 Å². The fourth-order valence-electron chi connectivity index (χ4n) is 2.87. The molecule has 7 nitrogen and oxygen atoms in total. The Morgan fingerprint density at radius 1 is 1.39 bits per heavy atom. The molecule has 0 spiro atoms. The van der Waals surface area contributed by atoms with Gasteiger partial charge in [-0.1, -0.05) is 37.0 Å². The van der Waals surface area contributed by atoms with Crippen LogP contribution >= 0.6 is 24.0 Å². The van der Waals surface area contributed by atoms with Crippen molar-refractivity contribution in [3.8, 4) is 0 Å². The van der Waals surface area contributed by atoms with Crippen LogP contribution < -0.4 is 10.9 Å². The number of hydrogen-bond donors (Lipinski definition) is 2. The number of carbonyl (C=O) groups excluding carboxylic acids is 1. The van der Waals surface area contributed by atoms with Crippen molar-refractivity contribution in [1.29, 1.82) is 0 Å². The number of thioether (sulfide) groups is 1. The van der Waals surface area contributed by atoms with Crippen molar-refractivity contribution in [2.24, 2.45) is 0 Å². The minimum absolute atomic E-state index is 0.0103. The van der Waals surface area contributed by atoms with Gasteiger partial charge >= 0.3 is 0 Å². The van der Waals surface area contributed by atoms with Crippen LogP contribution in [0.25, 0.3) is 11.7 Å². The normalized spacial score (nSPS) is 17.0. The fraction of sp³-hybridized carbons (Fsp3) is 0.368. The second-order valence-corrected chi connectivity index (χ2v) is 8.25. The van der Waals surface area contributed by atoms with E-state index in [1.165, 1.54) is 16.2 Å². The number of rotatable bonds is 6. The predicted molar refractivity (Wildman–Crippen MR) is 117 cm³/mol. The number of nitrogens with zero attached hydrogens (tertiary/aromatic N) is 3. The second-order valence-electron chi connectivity index (χ2n) is 6.57. The minimum atomic E-state index is -0.289. The van der Waals surface area contributed by atoms with Crippen LogP contribution in [0.4, 0.5) is 5.82 Å². The number of fused-ring (bicyclic) bond motifs is 1. The number of aryl methyl sites for hydroxylation is 1. The van der Waals surface area contributed by atoms with Gasteiger partial charge in [0.25, 0.3) is 11.5 Å². The number of carbonyl (C=O) groups is 1. The van der Waals surface area contributed by atoms with E-state index in [9.17, 15) is 9.59 Å². The summed E-state index contributed by atoms with van der Waals surface area (Å²) in [5.74, 6) is 0.128. The molecular formula is C19H22N4O3S2. The zero-order valence-corrected chi connectivity index (χ0v) is 17.6.